The highest BCUT2D eigenvalue weighted by Gasteiger charge is 2.19. The van der Waals surface area contributed by atoms with Gasteiger partial charge in [0.25, 0.3) is 0 Å². The van der Waals surface area contributed by atoms with Crippen molar-refractivity contribution in [2.75, 3.05) is 14.1 Å². The van der Waals surface area contributed by atoms with Crippen molar-refractivity contribution >= 4 is 21.8 Å². The van der Waals surface area contributed by atoms with E-state index in [1.54, 1.807) is 24.0 Å². The lowest BCUT2D eigenvalue weighted by Gasteiger charge is -2.18. The fourth-order valence-electron chi connectivity index (χ4n) is 1.16. The summed E-state index contributed by atoms with van der Waals surface area (Å²) in [5, 5.41) is 0. The monoisotopic (exact) mass is 274 g/mol. The fourth-order valence-corrected chi connectivity index (χ4v) is 3.13. The van der Waals surface area contributed by atoms with Gasteiger partial charge in [-0.15, -0.1) is 11.8 Å². The van der Waals surface area contributed by atoms with Crippen LogP contribution in [0.25, 0.3) is 0 Å². The number of rotatable bonds is 3. The summed E-state index contributed by atoms with van der Waals surface area (Å²) in [4.78, 5) is 5.09. The number of sulfonamides is 1. The zero-order valence-corrected chi connectivity index (χ0v) is 12.4. The maximum atomic E-state index is 11.9. The first-order valence-corrected chi connectivity index (χ1v) is 7.45. The second-order valence-corrected chi connectivity index (χ2v) is 8.91. The Balaban J connectivity index is 3.11. The van der Waals surface area contributed by atoms with Crippen molar-refractivity contribution in [1.82, 2.24) is 9.29 Å². The number of thioether (sulfide) groups is 1. The van der Waals surface area contributed by atoms with Crippen molar-refractivity contribution in [1.29, 1.82) is 0 Å². The lowest BCUT2D eigenvalue weighted by atomic mass is 10.3. The topological polar surface area (TPSA) is 50.3 Å². The third kappa shape index (κ3) is 3.97. The first-order chi connectivity index (χ1) is 7.63. The highest BCUT2D eigenvalue weighted by molar-refractivity contribution is 8.00. The molecule has 1 aromatic heterocycles. The summed E-state index contributed by atoms with van der Waals surface area (Å²) in [6.07, 6.45) is 3.06. The van der Waals surface area contributed by atoms with Gasteiger partial charge in [-0.25, -0.2) is 12.7 Å². The van der Waals surface area contributed by atoms with Crippen LogP contribution in [0.4, 0.5) is 0 Å². The molecule has 0 spiro atoms. The van der Waals surface area contributed by atoms with Crippen LogP contribution < -0.4 is 0 Å². The third-order valence-corrected chi connectivity index (χ3v) is 4.74. The molecular weight excluding hydrogens is 256 g/mol. The van der Waals surface area contributed by atoms with E-state index in [4.69, 9.17) is 0 Å². The van der Waals surface area contributed by atoms with Crippen LogP contribution in [0, 0.1) is 0 Å². The Kier molecular flexibility index (Phi) is 4.22. The van der Waals surface area contributed by atoms with E-state index in [-0.39, 0.29) is 9.64 Å². The van der Waals surface area contributed by atoms with Crippen LogP contribution in [0.15, 0.2) is 28.3 Å². The van der Waals surface area contributed by atoms with Crippen molar-refractivity contribution in [3.63, 3.8) is 0 Å². The molecule has 0 N–H and O–H groups in total. The van der Waals surface area contributed by atoms with E-state index in [1.807, 2.05) is 0 Å². The van der Waals surface area contributed by atoms with Crippen LogP contribution in [0.2, 0.25) is 0 Å². The van der Waals surface area contributed by atoms with E-state index in [2.05, 4.69) is 25.8 Å². The molecule has 0 radical (unpaired) electrons. The van der Waals surface area contributed by atoms with Gasteiger partial charge in [-0.1, -0.05) is 20.8 Å². The second-order valence-electron chi connectivity index (χ2n) is 4.86. The summed E-state index contributed by atoms with van der Waals surface area (Å²) < 4.78 is 25.1. The van der Waals surface area contributed by atoms with E-state index in [0.29, 0.717) is 0 Å². The summed E-state index contributed by atoms with van der Waals surface area (Å²) in [5.74, 6) is 0. The van der Waals surface area contributed by atoms with Crippen LogP contribution in [-0.4, -0.2) is 36.5 Å². The van der Waals surface area contributed by atoms with E-state index >= 15 is 0 Å². The van der Waals surface area contributed by atoms with Gasteiger partial charge >= 0.3 is 0 Å². The van der Waals surface area contributed by atoms with Crippen LogP contribution in [0.5, 0.6) is 0 Å². The van der Waals surface area contributed by atoms with Crippen molar-refractivity contribution in [3.8, 4) is 0 Å². The minimum atomic E-state index is -3.40. The van der Waals surface area contributed by atoms with Gasteiger partial charge in [-0.3, -0.25) is 4.98 Å². The molecule has 17 heavy (non-hydrogen) atoms. The largest absolute Gasteiger partial charge is 0.262 e. The highest BCUT2D eigenvalue weighted by atomic mass is 32.2. The first kappa shape index (κ1) is 14.5. The van der Waals surface area contributed by atoms with Gasteiger partial charge in [0.15, 0.2) is 0 Å². The van der Waals surface area contributed by atoms with Crippen molar-refractivity contribution in [2.24, 2.45) is 0 Å². The van der Waals surface area contributed by atoms with Gasteiger partial charge in [-0.2, -0.15) is 0 Å². The highest BCUT2D eigenvalue weighted by Crippen LogP contribution is 2.32. The molecule has 0 aliphatic carbocycles. The van der Waals surface area contributed by atoms with Crippen molar-refractivity contribution < 1.29 is 8.42 Å². The number of pyridine rings is 1. The smallest absolute Gasteiger partial charge is 0.244 e. The Bertz CT molecular complexity index is 490. The molecule has 1 rings (SSSR count). The molecule has 0 unspecified atom stereocenters. The van der Waals surface area contributed by atoms with Gasteiger partial charge in [0.1, 0.15) is 4.90 Å². The molecule has 0 amide bonds. The van der Waals surface area contributed by atoms with Gasteiger partial charge in [-0.05, 0) is 6.07 Å². The van der Waals surface area contributed by atoms with Gasteiger partial charge in [0.2, 0.25) is 10.0 Å². The molecule has 0 saturated carbocycles. The van der Waals surface area contributed by atoms with Crippen molar-refractivity contribution in [3.05, 3.63) is 18.5 Å². The summed E-state index contributed by atoms with van der Waals surface area (Å²) >= 11 is 1.60. The standard InChI is InChI=1S/C11H18N2O2S2/c1-11(2,3)16-9-6-10(8-12-7-9)17(14,15)13(4)5/h6-8H,1-5H3. The Labute approximate surface area is 107 Å². The van der Waals surface area contributed by atoms with Crippen LogP contribution in [0.1, 0.15) is 20.8 Å². The quantitative estimate of drug-likeness (QED) is 0.793. The lowest BCUT2D eigenvalue weighted by Crippen LogP contribution is -2.22. The number of hydrogen-bond acceptors (Lipinski definition) is 4. The molecule has 4 nitrogen and oxygen atoms in total. The molecule has 0 bridgehead atoms. The molecule has 0 aromatic carbocycles. The first-order valence-electron chi connectivity index (χ1n) is 5.19. The second kappa shape index (κ2) is 4.96. The zero-order chi connectivity index (χ0) is 13.3. The van der Waals surface area contributed by atoms with E-state index in [0.717, 1.165) is 4.90 Å². The van der Waals surface area contributed by atoms with Gasteiger partial charge in [0.05, 0.1) is 0 Å². The number of aromatic nitrogens is 1. The molecule has 1 heterocycles. The van der Waals surface area contributed by atoms with Crippen LogP contribution in [-0.2, 0) is 10.0 Å². The molecule has 1 aromatic rings. The average Bonchev–Trinajstić information content (AvgIpc) is 2.15. The molecule has 0 aliphatic rings. The molecule has 0 aliphatic heterocycles. The molecule has 0 atom stereocenters. The fraction of sp³-hybridized carbons (Fsp3) is 0.545. The molecule has 96 valence electrons. The minimum absolute atomic E-state index is 0.0299. The molecule has 6 heteroatoms. The van der Waals surface area contributed by atoms with Crippen molar-refractivity contribution in [2.45, 2.75) is 35.3 Å². The Morgan fingerprint density at radius 3 is 2.29 bits per heavy atom. The third-order valence-electron chi connectivity index (χ3n) is 1.89. The van der Waals surface area contributed by atoms with Gasteiger partial charge < -0.3 is 0 Å². The Hall–Kier alpha value is -0.590. The molecule has 0 saturated heterocycles. The molecule has 0 fully saturated rings. The molecular formula is C11H18N2O2S2. The maximum absolute atomic E-state index is 11.9. The van der Waals surface area contributed by atoms with Gasteiger partial charge in [0, 0.05) is 36.1 Å². The Morgan fingerprint density at radius 2 is 1.82 bits per heavy atom. The van der Waals surface area contributed by atoms with E-state index in [9.17, 15) is 8.42 Å². The minimum Gasteiger partial charge on any atom is -0.262 e. The normalized spacial score (nSPS) is 13.1. The van der Waals surface area contributed by atoms with E-state index < -0.39 is 10.0 Å². The van der Waals surface area contributed by atoms with Crippen LogP contribution >= 0.6 is 11.8 Å². The predicted octanol–water partition coefficient (Wildman–Crippen LogP) is 2.22. The number of nitrogens with zero attached hydrogens (tertiary/aromatic N) is 2. The summed E-state index contributed by atoms with van der Waals surface area (Å²) in [7, 11) is -0.372. The SMILES string of the molecule is CN(C)S(=O)(=O)c1cncc(SC(C)(C)C)c1. The Morgan fingerprint density at radius 1 is 1.24 bits per heavy atom. The summed E-state index contributed by atoms with van der Waals surface area (Å²) in [6.45, 7) is 6.22. The summed E-state index contributed by atoms with van der Waals surface area (Å²) in [5.41, 5.74) is 0. The lowest BCUT2D eigenvalue weighted by molar-refractivity contribution is 0.520. The maximum Gasteiger partial charge on any atom is 0.244 e. The van der Waals surface area contributed by atoms with Crippen LogP contribution in [0.3, 0.4) is 0 Å². The number of hydrogen-bond donors (Lipinski definition) is 0. The zero-order valence-electron chi connectivity index (χ0n) is 10.8. The van der Waals surface area contributed by atoms with E-state index in [1.165, 1.54) is 24.6 Å². The summed E-state index contributed by atoms with van der Waals surface area (Å²) in [6, 6.07) is 1.66. The average molecular weight is 274 g/mol. The predicted molar refractivity (Wildman–Crippen MR) is 70.7 cm³/mol.